The molecule has 4 nitrogen and oxygen atoms in total. The summed E-state index contributed by atoms with van der Waals surface area (Å²) in [6.45, 7) is 0. The Morgan fingerprint density at radius 1 is 1.09 bits per heavy atom. The van der Waals surface area contributed by atoms with Crippen LogP contribution in [0, 0.1) is 17.8 Å². The molecule has 2 saturated carbocycles. The Balaban J connectivity index is 1.40. The fraction of sp³-hybridized carbons (Fsp3) is 0.556. The number of fused-ring (bicyclic) bond motifs is 3. The zero-order valence-corrected chi connectivity index (χ0v) is 12.5. The standard InChI is InChI=1S/C18H21NO3/c20-17(11-5-6-12(9-11)18(21)22)19-16-14-8-7-10-3-1-2-4-13(10)15(14)16/h1-4,11-12,14-16H,5-9H2,(H,19,20)(H,21,22)/t11-,12+,14?,15?,16?/m0/s1. The molecule has 0 heterocycles. The van der Waals surface area contributed by atoms with E-state index >= 15 is 0 Å². The molecule has 0 spiro atoms. The van der Waals surface area contributed by atoms with Gasteiger partial charge in [0.1, 0.15) is 0 Å². The largest absolute Gasteiger partial charge is 0.481 e. The first kappa shape index (κ1) is 13.8. The molecule has 0 saturated heterocycles. The van der Waals surface area contributed by atoms with Gasteiger partial charge in [-0.3, -0.25) is 9.59 Å². The zero-order valence-electron chi connectivity index (χ0n) is 12.5. The van der Waals surface area contributed by atoms with Crippen LogP contribution in [0.4, 0.5) is 0 Å². The van der Waals surface area contributed by atoms with E-state index in [1.165, 1.54) is 11.1 Å². The van der Waals surface area contributed by atoms with Crippen LogP contribution in [-0.4, -0.2) is 23.0 Å². The van der Waals surface area contributed by atoms with Crippen LogP contribution in [0.5, 0.6) is 0 Å². The summed E-state index contributed by atoms with van der Waals surface area (Å²) in [4.78, 5) is 23.4. The average molecular weight is 299 g/mol. The normalized spacial score (nSPS) is 35.4. The minimum Gasteiger partial charge on any atom is -0.481 e. The third-order valence-electron chi connectivity index (χ3n) is 5.79. The van der Waals surface area contributed by atoms with Gasteiger partial charge in [-0.15, -0.1) is 0 Å². The zero-order chi connectivity index (χ0) is 15.3. The second kappa shape index (κ2) is 5.11. The lowest BCUT2D eigenvalue weighted by Crippen LogP contribution is -2.33. The third kappa shape index (κ3) is 2.21. The van der Waals surface area contributed by atoms with Gasteiger partial charge in [-0.25, -0.2) is 0 Å². The van der Waals surface area contributed by atoms with Crippen molar-refractivity contribution in [1.82, 2.24) is 5.32 Å². The molecule has 5 atom stereocenters. The van der Waals surface area contributed by atoms with Gasteiger partial charge in [0.25, 0.3) is 0 Å². The molecule has 4 rings (SSSR count). The molecule has 0 bridgehead atoms. The van der Waals surface area contributed by atoms with Crippen molar-refractivity contribution in [2.24, 2.45) is 17.8 Å². The highest BCUT2D eigenvalue weighted by molar-refractivity contribution is 5.81. The number of carbonyl (C=O) groups is 2. The van der Waals surface area contributed by atoms with Gasteiger partial charge < -0.3 is 10.4 Å². The number of nitrogens with one attached hydrogen (secondary N) is 1. The predicted octanol–water partition coefficient (Wildman–Crippen LogP) is 2.33. The van der Waals surface area contributed by atoms with E-state index in [0.717, 1.165) is 12.8 Å². The highest BCUT2D eigenvalue weighted by Gasteiger charge is 2.54. The molecule has 3 aliphatic rings. The maximum Gasteiger partial charge on any atom is 0.306 e. The smallest absolute Gasteiger partial charge is 0.306 e. The molecule has 0 radical (unpaired) electrons. The molecule has 116 valence electrons. The van der Waals surface area contributed by atoms with E-state index in [9.17, 15) is 9.59 Å². The summed E-state index contributed by atoms with van der Waals surface area (Å²) < 4.78 is 0. The van der Waals surface area contributed by atoms with E-state index in [0.29, 0.717) is 31.1 Å². The van der Waals surface area contributed by atoms with Crippen molar-refractivity contribution in [3.05, 3.63) is 35.4 Å². The summed E-state index contributed by atoms with van der Waals surface area (Å²) >= 11 is 0. The van der Waals surface area contributed by atoms with Crippen LogP contribution in [0.3, 0.4) is 0 Å². The molecule has 3 unspecified atom stereocenters. The van der Waals surface area contributed by atoms with Gasteiger partial charge in [0.05, 0.1) is 5.92 Å². The number of rotatable bonds is 3. The van der Waals surface area contributed by atoms with Crippen molar-refractivity contribution in [2.75, 3.05) is 0 Å². The van der Waals surface area contributed by atoms with E-state index in [1.54, 1.807) is 0 Å². The van der Waals surface area contributed by atoms with Crippen molar-refractivity contribution >= 4 is 11.9 Å². The molecular weight excluding hydrogens is 278 g/mol. The Kier molecular flexibility index (Phi) is 3.21. The quantitative estimate of drug-likeness (QED) is 0.900. The molecule has 2 fully saturated rings. The van der Waals surface area contributed by atoms with Crippen molar-refractivity contribution in [2.45, 2.75) is 44.1 Å². The molecule has 0 aliphatic heterocycles. The summed E-state index contributed by atoms with van der Waals surface area (Å²) in [5.74, 6) is -0.0806. The summed E-state index contributed by atoms with van der Waals surface area (Å²) in [6, 6.07) is 8.80. The van der Waals surface area contributed by atoms with Gasteiger partial charge in [-0.05, 0) is 49.1 Å². The Morgan fingerprint density at radius 2 is 1.86 bits per heavy atom. The van der Waals surface area contributed by atoms with E-state index in [4.69, 9.17) is 5.11 Å². The van der Waals surface area contributed by atoms with Crippen LogP contribution in [0.25, 0.3) is 0 Å². The molecule has 1 aromatic carbocycles. The lowest BCUT2D eigenvalue weighted by Gasteiger charge is -2.13. The Bertz CT molecular complexity index is 627. The number of carbonyl (C=O) groups excluding carboxylic acids is 1. The minimum atomic E-state index is -0.760. The summed E-state index contributed by atoms with van der Waals surface area (Å²) in [6.07, 6.45) is 4.10. The number of carboxylic acids is 1. The topological polar surface area (TPSA) is 66.4 Å². The summed E-state index contributed by atoms with van der Waals surface area (Å²) in [5, 5.41) is 12.3. The van der Waals surface area contributed by atoms with Gasteiger partial charge in [0, 0.05) is 17.9 Å². The second-order valence-electron chi connectivity index (χ2n) is 7.01. The molecule has 1 aromatic rings. The van der Waals surface area contributed by atoms with Gasteiger partial charge in [0.2, 0.25) is 5.91 Å². The van der Waals surface area contributed by atoms with Crippen LogP contribution < -0.4 is 5.32 Å². The van der Waals surface area contributed by atoms with Crippen LogP contribution in [0.1, 0.15) is 42.7 Å². The third-order valence-corrected chi connectivity index (χ3v) is 5.79. The van der Waals surface area contributed by atoms with Gasteiger partial charge in [0.15, 0.2) is 0 Å². The maximum absolute atomic E-state index is 12.4. The molecule has 22 heavy (non-hydrogen) atoms. The van der Waals surface area contributed by atoms with E-state index in [1.807, 2.05) is 0 Å². The van der Waals surface area contributed by atoms with Crippen molar-refractivity contribution in [3.8, 4) is 0 Å². The maximum atomic E-state index is 12.4. The van der Waals surface area contributed by atoms with Gasteiger partial charge >= 0.3 is 5.97 Å². The highest BCUT2D eigenvalue weighted by atomic mass is 16.4. The highest BCUT2D eigenvalue weighted by Crippen LogP contribution is 2.54. The number of benzene rings is 1. The second-order valence-corrected chi connectivity index (χ2v) is 7.01. The Labute approximate surface area is 129 Å². The number of aliphatic carboxylic acids is 1. The first-order chi connectivity index (χ1) is 10.6. The minimum absolute atomic E-state index is 0.0700. The SMILES string of the molecule is O=C(O)[C@@H]1CC[C@H](C(=O)NC2C3CCc4ccccc4C32)C1. The monoisotopic (exact) mass is 299 g/mol. The number of carboxylic acid groups (broad SMARTS) is 1. The van der Waals surface area contributed by atoms with Crippen molar-refractivity contribution in [3.63, 3.8) is 0 Å². The van der Waals surface area contributed by atoms with Crippen LogP contribution in [-0.2, 0) is 16.0 Å². The van der Waals surface area contributed by atoms with Crippen LogP contribution >= 0.6 is 0 Å². The molecule has 0 aromatic heterocycles. The number of amides is 1. The van der Waals surface area contributed by atoms with Gasteiger partial charge in [-0.1, -0.05) is 24.3 Å². The molecular formula is C18H21NO3. The molecule has 2 N–H and O–H groups in total. The first-order valence-electron chi connectivity index (χ1n) is 8.26. The van der Waals surface area contributed by atoms with Gasteiger partial charge in [-0.2, -0.15) is 0 Å². The fourth-order valence-electron chi connectivity index (χ4n) is 4.49. The first-order valence-corrected chi connectivity index (χ1v) is 8.26. The summed E-state index contributed by atoms with van der Waals surface area (Å²) in [7, 11) is 0. The number of hydrogen-bond donors (Lipinski definition) is 2. The lowest BCUT2D eigenvalue weighted by molar-refractivity contribution is -0.141. The van der Waals surface area contributed by atoms with Crippen LogP contribution in [0.2, 0.25) is 0 Å². The number of hydrogen-bond acceptors (Lipinski definition) is 2. The van der Waals surface area contributed by atoms with Crippen LogP contribution in [0.15, 0.2) is 24.3 Å². The fourth-order valence-corrected chi connectivity index (χ4v) is 4.49. The number of aryl methyl sites for hydroxylation is 1. The molecule has 1 amide bonds. The Hall–Kier alpha value is -1.84. The van der Waals surface area contributed by atoms with E-state index < -0.39 is 5.97 Å². The van der Waals surface area contributed by atoms with Crippen molar-refractivity contribution < 1.29 is 14.7 Å². The van der Waals surface area contributed by atoms with Crippen molar-refractivity contribution in [1.29, 1.82) is 0 Å². The lowest BCUT2D eigenvalue weighted by atomic mass is 9.92. The predicted molar refractivity (Wildman–Crippen MR) is 81.4 cm³/mol. The molecule has 3 aliphatic carbocycles. The summed E-state index contributed by atoms with van der Waals surface area (Å²) in [5.41, 5.74) is 2.83. The van der Waals surface area contributed by atoms with E-state index in [-0.39, 0.29) is 23.8 Å². The average Bonchev–Trinajstić information content (AvgIpc) is 2.98. The Morgan fingerprint density at radius 3 is 2.64 bits per heavy atom. The van der Waals surface area contributed by atoms with E-state index in [2.05, 4.69) is 29.6 Å². The molecule has 4 heteroatoms.